The summed E-state index contributed by atoms with van der Waals surface area (Å²) in [5, 5.41) is 27.4. The lowest BCUT2D eigenvalue weighted by molar-refractivity contribution is -0.319. The minimum atomic E-state index is -2.34. The molecule has 6 heteroatoms. The van der Waals surface area contributed by atoms with Crippen molar-refractivity contribution in [1.82, 2.24) is 0 Å². The Morgan fingerprint density at radius 3 is 2.86 bits per heavy atom. The molecule has 3 N–H and O–H groups in total. The van der Waals surface area contributed by atoms with Crippen molar-refractivity contribution in [2.24, 2.45) is 0 Å². The van der Waals surface area contributed by atoms with E-state index in [9.17, 15) is 15.0 Å². The number of hydrogen-bond donors (Lipinski definition) is 3. The lowest BCUT2D eigenvalue weighted by atomic mass is 10.0. The van der Waals surface area contributed by atoms with Crippen molar-refractivity contribution in [3.05, 3.63) is 0 Å². The molecule has 0 spiro atoms. The summed E-state index contributed by atoms with van der Waals surface area (Å²) in [6, 6.07) is 0. The lowest BCUT2D eigenvalue weighted by Gasteiger charge is -2.35. The van der Waals surface area contributed by atoms with Gasteiger partial charge in [-0.05, 0) is 6.92 Å². The number of aliphatic carboxylic acids is 1. The molecule has 1 aliphatic rings. The molecule has 0 amide bonds. The molecule has 1 unspecified atom stereocenters. The molecule has 3 atom stereocenters. The van der Waals surface area contributed by atoms with Crippen LogP contribution >= 0.6 is 0 Å². The van der Waals surface area contributed by atoms with E-state index >= 15 is 0 Å². The second kappa shape index (κ2) is 4.22. The van der Waals surface area contributed by atoms with E-state index in [0.717, 1.165) is 0 Å². The molecule has 0 bridgehead atoms. The number of carbonyl (C=O) groups is 1. The van der Waals surface area contributed by atoms with E-state index in [1.54, 1.807) is 6.92 Å². The zero-order chi connectivity index (χ0) is 10.8. The maximum atomic E-state index is 10.6. The number of hydrogen-bond acceptors (Lipinski definition) is 5. The van der Waals surface area contributed by atoms with E-state index < -0.39 is 24.2 Å². The van der Waals surface area contributed by atoms with Gasteiger partial charge in [0.15, 0.2) is 6.29 Å². The number of carboxylic acid groups (broad SMARTS) is 1. The van der Waals surface area contributed by atoms with Gasteiger partial charge in [-0.3, -0.25) is 0 Å². The molecule has 0 aromatic carbocycles. The summed E-state index contributed by atoms with van der Waals surface area (Å²) in [6.07, 6.45) is -1.97. The summed E-state index contributed by atoms with van der Waals surface area (Å²) in [4.78, 5) is 10.6. The van der Waals surface area contributed by atoms with Crippen LogP contribution in [-0.2, 0) is 14.3 Å². The normalized spacial score (nSPS) is 38.2. The predicted molar refractivity (Wildman–Crippen MR) is 44.3 cm³/mol. The molecule has 1 saturated heterocycles. The smallest absolute Gasteiger partial charge is 0.364 e. The lowest BCUT2D eigenvalue weighted by Crippen LogP contribution is -2.52. The van der Waals surface area contributed by atoms with Crippen LogP contribution < -0.4 is 0 Å². The van der Waals surface area contributed by atoms with Crippen molar-refractivity contribution in [2.75, 3.05) is 6.61 Å². The molecule has 1 fully saturated rings. The van der Waals surface area contributed by atoms with Crippen LogP contribution in [0.5, 0.6) is 0 Å². The third kappa shape index (κ3) is 2.42. The van der Waals surface area contributed by atoms with Crippen molar-refractivity contribution in [1.29, 1.82) is 0 Å². The van der Waals surface area contributed by atoms with Gasteiger partial charge < -0.3 is 24.8 Å². The molecular weight excluding hydrogens is 192 g/mol. The van der Waals surface area contributed by atoms with Crippen molar-refractivity contribution in [2.45, 2.75) is 37.9 Å². The summed E-state index contributed by atoms with van der Waals surface area (Å²) in [7, 11) is 0. The number of aliphatic hydroxyl groups excluding tert-OH is 1. The monoisotopic (exact) mass is 206 g/mol. The molecule has 82 valence electrons. The van der Waals surface area contributed by atoms with E-state index in [0.29, 0.717) is 6.61 Å². The van der Waals surface area contributed by atoms with E-state index in [2.05, 4.69) is 0 Å². The number of carboxylic acids is 1. The van der Waals surface area contributed by atoms with E-state index in [-0.39, 0.29) is 12.8 Å². The Labute approximate surface area is 81.1 Å². The molecule has 1 rings (SSSR count). The summed E-state index contributed by atoms with van der Waals surface area (Å²) < 4.78 is 9.81. The van der Waals surface area contributed by atoms with Gasteiger partial charge in [-0.2, -0.15) is 0 Å². The first-order valence-electron chi connectivity index (χ1n) is 4.41. The fourth-order valence-corrected chi connectivity index (χ4v) is 1.36. The molecule has 0 aliphatic carbocycles. The minimum Gasteiger partial charge on any atom is -0.477 e. The second-order valence-electron chi connectivity index (χ2n) is 3.19. The first-order valence-corrected chi connectivity index (χ1v) is 4.41. The first kappa shape index (κ1) is 11.4. The maximum Gasteiger partial charge on any atom is 0.364 e. The van der Waals surface area contributed by atoms with Gasteiger partial charge >= 0.3 is 5.97 Å². The van der Waals surface area contributed by atoms with Gasteiger partial charge in [0, 0.05) is 19.4 Å². The highest BCUT2D eigenvalue weighted by atomic mass is 16.7. The Kier molecular flexibility index (Phi) is 3.43. The fraction of sp³-hybridized carbons (Fsp3) is 0.875. The van der Waals surface area contributed by atoms with Gasteiger partial charge in [-0.15, -0.1) is 0 Å². The molecule has 0 aromatic heterocycles. The van der Waals surface area contributed by atoms with Gasteiger partial charge in [0.2, 0.25) is 0 Å². The second-order valence-corrected chi connectivity index (χ2v) is 3.19. The first-order chi connectivity index (χ1) is 6.48. The Hall–Kier alpha value is -0.690. The zero-order valence-electron chi connectivity index (χ0n) is 7.84. The quantitative estimate of drug-likeness (QED) is 0.564. The zero-order valence-corrected chi connectivity index (χ0v) is 7.84. The van der Waals surface area contributed by atoms with Crippen LogP contribution in [0.1, 0.15) is 19.8 Å². The molecule has 0 saturated carbocycles. The molecule has 0 radical (unpaired) electrons. The van der Waals surface area contributed by atoms with E-state index in [1.807, 2.05) is 0 Å². The van der Waals surface area contributed by atoms with Crippen molar-refractivity contribution < 1.29 is 29.6 Å². The van der Waals surface area contributed by atoms with Crippen molar-refractivity contribution in [3.63, 3.8) is 0 Å². The Morgan fingerprint density at radius 2 is 2.36 bits per heavy atom. The van der Waals surface area contributed by atoms with Crippen LogP contribution in [0.2, 0.25) is 0 Å². The summed E-state index contributed by atoms with van der Waals surface area (Å²) >= 11 is 0. The van der Waals surface area contributed by atoms with Crippen LogP contribution in [0, 0.1) is 0 Å². The Bertz CT molecular complexity index is 218. The SMILES string of the molecule is CCO[C@@H]1C[C@@H](O)CC(O)(C(=O)O)O1. The van der Waals surface area contributed by atoms with Crippen molar-refractivity contribution in [3.8, 4) is 0 Å². The molecule has 1 aliphatic heterocycles. The standard InChI is InChI=1S/C8H14O6/c1-2-13-6-3-5(9)4-8(12,14-6)7(10)11/h5-6,9,12H,2-4H2,1H3,(H,10,11)/t5-,6+,8?/m1/s1. The summed E-state index contributed by atoms with van der Waals surface area (Å²) in [5.74, 6) is -3.85. The highest BCUT2D eigenvalue weighted by Crippen LogP contribution is 2.27. The third-order valence-electron chi connectivity index (χ3n) is 1.99. The van der Waals surface area contributed by atoms with Crippen LogP contribution in [0.4, 0.5) is 0 Å². The van der Waals surface area contributed by atoms with Gasteiger partial charge in [0.05, 0.1) is 6.10 Å². The highest BCUT2D eigenvalue weighted by Gasteiger charge is 2.46. The average molecular weight is 206 g/mol. The Morgan fingerprint density at radius 1 is 1.71 bits per heavy atom. The summed E-state index contributed by atoms with van der Waals surface area (Å²) in [5.41, 5.74) is 0. The van der Waals surface area contributed by atoms with E-state index in [1.165, 1.54) is 0 Å². The number of ether oxygens (including phenoxy) is 2. The summed E-state index contributed by atoms with van der Waals surface area (Å²) in [6.45, 7) is 2.04. The van der Waals surface area contributed by atoms with Crippen LogP contribution in [0.25, 0.3) is 0 Å². The molecular formula is C8H14O6. The molecule has 14 heavy (non-hydrogen) atoms. The predicted octanol–water partition coefficient (Wildman–Crippen LogP) is -0.707. The number of aliphatic hydroxyl groups is 2. The minimum absolute atomic E-state index is 0.170. The van der Waals surface area contributed by atoms with Gasteiger partial charge in [0.25, 0.3) is 5.79 Å². The Balaban J connectivity index is 2.66. The van der Waals surface area contributed by atoms with E-state index in [4.69, 9.17) is 14.6 Å². The third-order valence-corrected chi connectivity index (χ3v) is 1.99. The average Bonchev–Trinajstić information content (AvgIpc) is 2.02. The van der Waals surface area contributed by atoms with Crippen LogP contribution in [-0.4, -0.2) is 46.1 Å². The fourth-order valence-electron chi connectivity index (χ4n) is 1.36. The van der Waals surface area contributed by atoms with Crippen molar-refractivity contribution >= 4 is 5.97 Å². The topological polar surface area (TPSA) is 96.2 Å². The van der Waals surface area contributed by atoms with Gasteiger partial charge in [-0.1, -0.05) is 0 Å². The van der Waals surface area contributed by atoms with Crippen LogP contribution in [0.15, 0.2) is 0 Å². The molecule has 1 heterocycles. The molecule has 6 nitrogen and oxygen atoms in total. The maximum absolute atomic E-state index is 10.6. The van der Waals surface area contributed by atoms with Gasteiger partial charge in [0.1, 0.15) is 0 Å². The van der Waals surface area contributed by atoms with Gasteiger partial charge in [-0.25, -0.2) is 4.79 Å². The molecule has 0 aromatic rings. The van der Waals surface area contributed by atoms with Crippen LogP contribution in [0.3, 0.4) is 0 Å². The largest absolute Gasteiger partial charge is 0.477 e. The highest BCUT2D eigenvalue weighted by molar-refractivity contribution is 5.75. The number of rotatable bonds is 3.